The molecule has 2 rings (SSSR count). The second-order valence-corrected chi connectivity index (χ2v) is 15.0. The first-order valence-corrected chi connectivity index (χ1v) is 14.5. The molecule has 0 bridgehead atoms. The van der Waals surface area contributed by atoms with Crippen LogP contribution in [0.4, 0.5) is 10.1 Å². The SMILES string of the molecule is Cc1c(N[C@@H](C(=O)NNC(=O)c2ccc(F)cc2)[C@@H](C)O[Si](C)(C)C(C)(C)C)ccc(C#N)c1Cl. The summed E-state index contributed by atoms with van der Waals surface area (Å²) in [4.78, 5) is 25.6. The Morgan fingerprint density at radius 2 is 1.71 bits per heavy atom. The number of nitriles is 1. The van der Waals surface area contributed by atoms with E-state index in [9.17, 15) is 19.2 Å². The number of nitrogens with zero attached hydrogens (tertiary/aromatic N) is 1. The highest BCUT2D eigenvalue weighted by molar-refractivity contribution is 6.74. The predicted octanol–water partition coefficient (Wildman–Crippen LogP) is 5.31. The van der Waals surface area contributed by atoms with E-state index in [0.717, 1.165) is 12.1 Å². The van der Waals surface area contributed by atoms with Gasteiger partial charge < -0.3 is 9.74 Å². The first kappa shape index (κ1) is 28.3. The third-order valence-corrected chi connectivity index (χ3v) is 11.3. The Labute approximate surface area is 212 Å². The summed E-state index contributed by atoms with van der Waals surface area (Å²) in [6.45, 7) is 14.0. The zero-order valence-corrected chi connectivity index (χ0v) is 22.8. The van der Waals surface area contributed by atoms with E-state index in [4.69, 9.17) is 16.0 Å². The Hall–Kier alpha value is -2.93. The maximum absolute atomic E-state index is 13.2. The zero-order chi connectivity index (χ0) is 26.6. The molecule has 3 N–H and O–H groups in total. The first-order chi connectivity index (χ1) is 16.2. The molecule has 0 aliphatic heterocycles. The number of carbonyl (C=O) groups is 2. The Morgan fingerprint density at radius 3 is 2.26 bits per heavy atom. The lowest BCUT2D eigenvalue weighted by molar-refractivity contribution is -0.124. The van der Waals surface area contributed by atoms with Gasteiger partial charge in [0.05, 0.1) is 16.7 Å². The number of amides is 2. The topological polar surface area (TPSA) is 103 Å². The smallest absolute Gasteiger partial charge is 0.269 e. The molecule has 0 fully saturated rings. The molecule has 0 spiro atoms. The summed E-state index contributed by atoms with van der Waals surface area (Å²) in [5, 5.41) is 12.6. The number of rotatable bonds is 7. The number of carbonyl (C=O) groups excluding carboxylic acids is 2. The van der Waals surface area contributed by atoms with Crippen LogP contribution in [-0.4, -0.2) is 32.3 Å². The van der Waals surface area contributed by atoms with Crippen molar-refractivity contribution in [3.63, 3.8) is 0 Å². The van der Waals surface area contributed by atoms with E-state index in [1.54, 1.807) is 26.0 Å². The van der Waals surface area contributed by atoms with Crippen molar-refractivity contribution in [2.45, 2.75) is 64.9 Å². The monoisotopic (exact) mass is 518 g/mol. The van der Waals surface area contributed by atoms with Crippen molar-refractivity contribution in [1.82, 2.24) is 10.9 Å². The minimum atomic E-state index is -2.25. The van der Waals surface area contributed by atoms with Gasteiger partial charge in [0.1, 0.15) is 17.9 Å². The molecule has 0 aromatic heterocycles. The summed E-state index contributed by atoms with van der Waals surface area (Å²) < 4.78 is 19.6. The number of halogens is 2. The quantitative estimate of drug-likeness (QED) is 0.340. The maximum Gasteiger partial charge on any atom is 0.269 e. The molecule has 0 saturated carbocycles. The van der Waals surface area contributed by atoms with Gasteiger partial charge in [0.2, 0.25) is 0 Å². The van der Waals surface area contributed by atoms with Crippen molar-refractivity contribution in [3.8, 4) is 6.07 Å². The first-order valence-electron chi connectivity index (χ1n) is 11.2. The summed E-state index contributed by atoms with van der Waals surface area (Å²) >= 11 is 6.32. The van der Waals surface area contributed by atoms with E-state index in [1.807, 2.05) is 6.07 Å². The average molecular weight is 519 g/mol. The van der Waals surface area contributed by atoms with Crippen LogP contribution >= 0.6 is 11.6 Å². The molecule has 0 heterocycles. The molecule has 0 aliphatic rings. The van der Waals surface area contributed by atoms with E-state index in [2.05, 4.69) is 50.0 Å². The second-order valence-electron chi connectivity index (χ2n) is 9.87. The summed E-state index contributed by atoms with van der Waals surface area (Å²) in [6, 6.07) is 9.33. The number of hydrazine groups is 1. The van der Waals surface area contributed by atoms with E-state index in [0.29, 0.717) is 21.8 Å². The highest BCUT2D eigenvalue weighted by atomic mass is 35.5. The van der Waals surface area contributed by atoms with Gasteiger partial charge >= 0.3 is 0 Å². The van der Waals surface area contributed by atoms with Crippen molar-refractivity contribution in [3.05, 3.63) is 63.9 Å². The average Bonchev–Trinajstić information content (AvgIpc) is 2.77. The minimum Gasteiger partial charge on any atom is -0.412 e. The molecule has 188 valence electrons. The van der Waals surface area contributed by atoms with Crippen LogP contribution in [0.2, 0.25) is 23.2 Å². The molecule has 2 aromatic rings. The van der Waals surface area contributed by atoms with Gasteiger partial charge in [-0.15, -0.1) is 0 Å². The summed E-state index contributed by atoms with van der Waals surface area (Å²) in [5.74, 6) is -1.60. The number of benzene rings is 2. The van der Waals surface area contributed by atoms with Crippen LogP contribution in [0.1, 0.15) is 49.2 Å². The van der Waals surface area contributed by atoms with E-state index >= 15 is 0 Å². The maximum atomic E-state index is 13.2. The fourth-order valence-electron chi connectivity index (χ4n) is 3.07. The van der Waals surface area contributed by atoms with Crippen molar-refractivity contribution in [2.24, 2.45) is 0 Å². The van der Waals surface area contributed by atoms with Crippen LogP contribution in [0.15, 0.2) is 36.4 Å². The van der Waals surface area contributed by atoms with Gasteiger partial charge in [0.15, 0.2) is 8.32 Å². The molecule has 0 saturated heterocycles. The predicted molar refractivity (Wildman–Crippen MR) is 138 cm³/mol. The van der Waals surface area contributed by atoms with Crippen LogP contribution in [0.3, 0.4) is 0 Å². The normalized spacial score (nSPS) is 13.4. The number of hydrogen-bond donors (Lipinski definition) is 3. The number of hydrogen-bond acceptors (Lipinski definition) is 5. The number of anilines is 1. The highest BCUT2D eigenvalue weighted by Crippen LogP contribution is 2.38. The van der Waals surface area contributed by atoms with E-state index < -0.39 is 38.1 Å². The zero-order valence-electron chi connectivity index (χ0n) is 21.0. The van der Waals surface area contributed by atoms with Gasteiger partial charge in [-0.3, -0.25) is 20.4 Å². The lowest BCUT2D eigenvalue weighted by atomic mass is 10.1. The van der Waals surface area contributed by atoms with Gasteiger partial charge in [0.25, 0.3) is 11.8 Å². The van der Waals surface area contributed by atoms with Crippen molar-refractivity contribution < 1.29 is 18.4 Å². The molecular weight excluding hydrogens is 487 g/mol. The lowest BCUT2D eigenvalue weighted by Gasteiger charge is -2.40. The number of nitrogens with one attached hydrogen (secondary N) is 3. The molecule has 0 unspecified atom stereocenters. The molecular formula is C25H32ClFN4O3Si. The molecule has 0 aliphatic carbocycles. The molecule has 2 aromatic carbocycles. The molecule has 0 radical (unpaired) electrons. The standard InChI is InChI=1S/C25H32ClFN4O3Si/c1-15-20(13-10-18(14-28)21(15)26)29-22(16(2)34-35(6,7)25(3,4)5)24(33)31-30-23(32)17-8-11-19(27)12-9-17/h8-13,16,22,29H,1-7H3,(H,30,32)(H,31,33)/t16-,22-/m1/s1. The second kappa shape index (κ2) is 11.2. The van der Waals surface area contributed by atoms with Gasteiger partial charge in [-0.2, -0.15) is 5.26 Å². The van der Waals surface area contributed by atoms with Crippen LogP contribution in [0, 0.1) is 24.1 Å². The van der Waals surface area contributed by atoms with Crippen LogP contribution in [0.5, 0.6) is 0 Å². The molecule has 10 heteroatoms. The third kappa shape index (κ3) is 7.04. The van der Waals surface area contributed by atoms with Crippen molar-refractivity contribution in [2.75, 3.05) is 5.32 Å². The van der Waals surface area contributed by atoms with Gasteiger partial charge in [0, 0.05) is 11.3 Å². The van der Waals surface area contributed by atoms with Crippen molar-refractivity contribution >= 4 is 37.4 Å². The van der Waals surface area contributed by atoms with Gasteiger partial charge in [-0.1, -0.05) is 32.4 Å². The molecule has 2 amide bonds. The van der Waals surface area contributed by atoms with Crippen LogP contribution in [0.25, 0.3) is 0 Å². The third-order valence-electron chi connectivity index (χ3n) is 6.26. The Balaban J connectivity index is 2.29. The largest absolute Gasteiger partial charge is 0.412 e. The van der Waals surface area contributed by atoms with Gasteiger partial charge in [-0.05, 0) is 73.9 Å². The molecule has 2 atom stereocenters. The Bertz CT molecular complexity index is 1130. The van der Waals surface area contributed by atoms with Crippen LogP contribution < -0.4 is 16.2 Å². The molecule has 7 nitrogen and oxygen atoms in total. The summed E-state index contributed by atoms with van der Waals surface area (Å²) in [6.07, 6.45) is -0.576. The Kier molecular flexibility index (Phi) is 9.06. The van der Waals surface area contributed by atoms with E-state index in [1.165, 1.54) is 12.1 Å². The molecule has 35 heavy (non-hydrogen) atoms. The summed E-state index contributed by atoms with van der Waals surface area (Å²) in [5.41, 5.74) is 6.48. The highest BCUT2D eigenvalue weighted by Gasteiger charge is 2.41. The van der Waals surface area contributed by atoms with Crippen molar-refractivity contribution in [1.29, 1.82) is 5.26 Å². The lowest BCUT2D eigenvalue weighted by Crippen LogP contribution is -2.55. The summed E-state index contributed by atoms with van der Waals surface area (Å²) in [7, 11) is -2.25. The van der Waals surface area contributed by atoms with Crippen LogP contribution in [-0.2, 0) is 9.22 Å². The van der Waals surface area contributed by atoms with Gasteiger partial charge in [-0.25, -0.2) is 4.39 Å². The van der Waals surface area contributed by atoms with E-state index in [-0.39, 0.29) is 10.6 Å². The Morgan fingerprint density at radius 1 is 1.11 bits per heavy atom. The minimum absolute atomic E-state index is 0.0905. The fraction of sp³-hybridized carbons (Fsp3) is 0.400. The fourth-order valence-corrected chi connectivity index (χ4v) is 4.70.